The van der Waals surface area contributed by atoms with E-state index in [2.05, 4.69) is 48.6 Å². The maximum atomic E-state index is 2.32. The number of hydrogen-bond acceptors (Lipinski definition) is 0. The Morgan fingerprint density at radius 3 is 1.42 bits per heavy atom. The molecule has 0 saturated carbocycles. The van der Waals surface area contributed by atoms with Crippen LogP contribution >= 0.6 is 0 Å². The number of allylic oxidation sites excluding steroid dienone is 8. The van der Waals surface area contributed by atoms with Gasteiger partial charge in [-0.15, -0.1) is 0 Å². The monoisotopic (exact) mass is 174 g/mol. The van der Waals surface area contributed by atoms with Crippen LogP contribution in [-0.4, -0.2) is 10.2 Å². The van der Waals surface area contributed by atoms with Gasteiger partial charge in [-0.25, -0.2) is 0 Å². The Labute approximate surface area is 76.8 Å². The summed E-state index contributed by atoms with van der Waals surface area (Å²) in [4.78, 5) is 0. The lowest BCUT2D eigenvalue weighted by molar-refractivity contribution is 0.634. The zero-order valence-electron chi connectivity index (χ0n) is 7.35. The molecule has 0 aromatic carbocycles. The molecule has 12 heavy (non-hydrogen) atoms. The zero-order valence-corrected chi connectivity index (χ0v) is 9.35. The summed E-state index contributed by atoms with van der Waals surface area (Å²) in [5.74, 6) is 1.41. The molecule has 0 aromatic rings. The molecule has 2 rings (SSSR count). The first-order chi connectivity index (χ1) is 5.88. The second-order valence-electron chi connectivity index (χ2n) is 3.55. The van der Waals surface area contributed by atoms with Gasteiger partial charge in [0.05, 0.1) is 0 Å². The second-order valence-corrected chi connectivity index (χ2v) is 4.89. The zero-order chi connectivity index (χ0) is 8.39. The third-order valence-corrected chi connectivity index (χ3v) is 4.31. The van der Waals surface area contributed by atoms with Crippen molar-refractivity contribution in [3.05, 3.63) is 48.6 Å². The molecule has 2 aliphatic carbocycles. The van der Waals surface area contributed by atoms with Gasteiger partial charge in [-0.05, 0) is 17.4 Å². The third-order valence-electron chi connectivity index (χ3n) is 2.77. The van der Waals surface area contributed by atoms with E-state index in [1.54, 1.807) is 0 Å². The lowest BCUT2D eigenvalue weighted by Crippen LogP contribution is -2.10. The van der Waals surface area contributed by atoms with Crippen molar-refractivity contribution in [2.45, 2.75) is 5.54 Å². The molecular weight excluding hydrogens is 160 g/mol. The van der Waals surface area contributed by atoms with Crippen molar-refractivity contribution < 1.29 is 0 Å². The Kier molecular flexibility index (Phi) is 2.13. The molecule has 0 bridgehead atoms. The Hall–Kier alpha value is -0.823. The van der Waals surface area contributed by atoms with E-state index < -0.39 is 0 Å². The minimum atomic E-state index is 0.703. The van der Waals surface area contributed by atoms with Crippen LogP contribution < -0.4 is 0 Å². The maximum Gasteiger partial charge on any atom is 0.00902 e. The van der Waals surface area contributed by atoms with Gasteiger partial charge in [-0.3, -0.25) is 0 Å². The van der Waals surface area contributed by atoms with Gasteiger partial charge in [-0.1, -0.05) is 48.6 Å². The molecule has 0 fully saturated rings. The molecular formula is C11H14Si. The molecule has 1 heteroatoms. The average Bonchev–Trinajstić information content (AvgIpc) is 2.77. The fraction of sp³-hybridized carbons (Fsp3) is 0.273. The van der Waals surface area contributed by atoms with Gasteiger partial charge >= 0.3 is 0 Å². The number of hydrogen-bond donors (Lipinski definition) is 0. The van der Waals surface area contributed by atoms with E-state index in [1.807, 2.05) is 0 Å². The fourth-order valence-electron chi connectivity index (χ4n) is 1.86. The topological polar surface area (TPSA) is 0 Å². The van der Waals surface area contributed by atoms with E-state index in [4.69, 9.17) is 0 Å². The van der Waals surface area contributed by atoms with Crippen LogP contribution in [0.2, 0.25) is 5.54 Å². The van der Waals surface area contributed by atoms with Crippen molar-refractivity contribution in [2.75, 3.05) is 0 Å². The summed E-state index contributed by atoms with van der Waals surface area (Å²) < 4.78 is 0. The molecule has 0 aromatic heterocycles. The quantitative estimate of drug-likeness (QED) is 0.558. The Morgan fingerprint density at radius 1 is 0.750 bits per heavy atom. The molecule has 0 aliphatic heterocycles. The van der Waals surface area contributed by atoms with Gasteiger partial charge in [0.1, 0.15) is 0 Å². The summed E-state index contributed by atoms with van der Waals surface area (Å²) in [6.45, 7) is 0. The highest BCUT2D eigenvalue weighted by Gasteiger charge is 2.20. The van der Waals surface area contributed by atoms with Crippen molar-refractivity contribution in [2.24, 2.45) is 11.8 Å². The lowest BCUT2D eigenvalue weighted by Gasteiger charge is -2.20. The third kappa shape index (κ3) is 1.37. The van der Waals surface area contributed by atoms with Crippen molar-refractivity contribution >= 4 is 10.2 Å². The van der Waals surface area contributed by atoms with Crippen LogP contribution in [0.25, 0.3) is 0 Å². The first kappa shape index (κ1) is 7.81. The molecule has 0 spiro atoms. The summed E-state index contributed by atoms with van der Waals surface area (Å²) in [6.07, 6.45) is 17.9. The molecule has 2 aliphatic rings. The van der Waals surface area contributed by atoms with E-state index in [0.29, 0.717) is 11.8 Å². The standard InChI is InChI=1S/C11H14Si/c12-11(9-5-1-2-6-9)10-7-3-4-8-10/h1-11H,12H3. The second kappa shape index (κ2) is 3.28. The Bertz CT molecular complexity index is 219. The molecule has 0 saturated heterocycles. The molecule has 0 atom stereocenters. The van der Waals surface area contributed by atoms with Crippen LogP contribution in [0.3, 0.4) is 0 Å². The lowest BCUT2D eigenvalue weighted by atomic mass is 9.96. The van der Waals surface area contributed by atoms with Gasteiger partial charge in [0.2, 0.25) is 0 Å². The van der Waals surface area contributed by atoms with Crippen LogP contribution in [0.5, 0.6) is 0 Å². The highest BCUT2D eigenvalue weighted by Crippen LogP contribution is 2.32. The van der Waals surface area contributed by atoms with Crippen LogP contribution in [-0.2, 0) is 0 Å². The largest absolute Gasteiger partial charge is 0.0776 e. The minimum Gasteiger partial charge on any atom is -0.0776 e. The predicted octanol–water partition coefficient (Wildman–Crippen LogP) is 1.62. The van der Waals surface area contributed by atoms with Crippen molar-refractivity contribution in [3.8, 4) is 0 Å². The van der Waals surface area contributed by atoms with E-state index in [9.17, 15) is 0 Å². The average molecular weight is 174 g/mol. The van der Waals surface area contributed by atoms with E-state index >= 15 is 0 Å². The van der Waals surface area contributed by atoms with Crippen LogP contribution in [0.4, 0.5) is 0 Å². The van der Waals surface area contributed by atoms with Gasteiger partial charge in [-0.2, -0.15) is 0 Å². The summed E-state index contributed by atoms with van der Waals surface area (Å²) in [5, 5.41) is 0. The summed E-state index contributed by atoms with van der Waals surface area (Å²) >= 11 is 0. The Morgan fingerprint density at radius 2 is 1.08 bits per heavy atom. The van der Waals surface area contributed by atoms with Crippen LogP contribution in [0, 0.1) is 11.8 Å². The molecule has 62 valence electrons. The molecule has 0 N–H and O–H groups in total. The summed E-state index contributed by atoms with van der Waals surface area (Å²) in [7, 11) is 1.27. The van der Waals surface area contributed by atoms with Gasteiger partial charge in [0, 0.05) is 10.2 Å². The summed E-state index contributed by atoms with van der Waals surface area (Å²) in [6, 6.07) is 0. The minimum absolute atomic E-state index is 0.703. The Balaban J connectivity index is 2.04. The first-order valence-corrected chi connectivity index (χ1v) is 5.73. The van der Waals surface area contributed by atoms with E-state index in [0.717, 1.165) is 5.54 Å². The predicted molar refractivity (Wildman–Crippen MR) is 57.2 cm³/mol. The van der Waals surface area contributed by atoms with E-state index in [1.165, 1.54) is 10.2 Å². The van der Waals surface area contributed by atoms with Gasteiger partial charge < -0.3 is 0 Å². The van der Waals surface area contributed by atoms with Crippen molar-refractivity contribution in [1.82, 2.24) is 0 Å². The maximum absolute atomic E-state index is 2.32. The molecule has 0 unspecified atom stereocenters. The van der Waals surface area contributed by atoms with Crippen LogP contribution in [0.15, 0.2) is 48.6 Å². The van der Waals surface area contributed by atoms with E-state index in [-0.39, 0.29) is 0 Å². The molecule has 0 radical (unpaired) electrons. The first-order valence-electron chi connectivity index (χ1n) is 4.58. The molecule has 0 heterocycles. The molecule has 0 amide bonds. The fourth-order valence-corrected chi connectivity index (χ4v) is 2.74. The highest BCUT2D eigenvalue weighted by atomic mass is 28.1. The van der Waals surface area contributed by atoms with Crippen LogP contribution in [0.1, 0.15) is 0 Å². The van der Waals surface area contributed by atoms with Gasteiger partial charge in [0.25, 0.3) is 0 Å². The van der Waals surface area contributed by atoms with Crippen molar-refractivity contribution in [3.63, 3.8) is 0 Å². The molecule has 0 nitrogen and oxygen atoms in total. The highest BCUT2D eigenvalue weighted by molar-refractivity contribution is 6.12. The SMILES string of the molecule is [SiH3]C(C1C=CC=C1)C1C=CC=C1. The summed E-state index contributed by atoms with van der Waals surface area (Å²) in [5.41, 5.74) is 0.843. The normalized spacial score (nSPS) is 22.4. The van der Waals surface area contributed by atoms with Crippen molar-refractivity contribution in [1.29, 1.82) is 0 Å². The smallest absolute Gasteiger partial charge is 0.00902 e. The number of rotatable bonds is 2. The van der Waals surface area contributed by atoms with Gasteiger partial charge in [0.15, 0.2) is 0 Å².